The average molecular weight is 373 g/mol. The van der Waals surface area contributed by atoms with Crippen LogP contribution in [-0.2, 0) is 11.3 Å². The smallest absolute Gasteiger partial charge is 0.295 e. The van der Waals surface area contributed by atoms with Gasteiger partial charge in [-0.05, 0) is 30.5 Å². The fraction of sp³-hybridized carbons (Fsp3) is 0.316. The van der Waals surface area contributed by atoms with E-state index in [4.69, 9.17) is 4.74 Å². The zero-order chi connectivity index (χ0) is 19.4. The fourth-order valence-corrected chi connectivity index (χ4v) is 3.06. The van der Waals surface area contributed by atoms with E-state index in [1.165, 1.54) is 13.2 Å². The largest absolute Gasteiger partial charge is 0.494 e. The Hall–Kier alpha value is -3.16. The predicted octanol–water partition coefficient (Wildman–Crippen LogP) is 3.87. The van der Waals surface area contributed by atoms with Crippen LogP contribution < -0.4 is 15.0 Å². The van der Waals surface area contributed by atoms with Crippen molar-refractivity contribution in [3.63, 3.8) is 0 Å². The molecule has 0 radical (unpaired) electrons. The van der Waals surface area contributed by atoms with Crippen LogP contribution in [0.5, 0.6) is 5.75 Å². The van der Waals surface area contributed by atoms with Crippen LogP contribution in [0.2, 0.25) is 0 Å². The Morgan fingerprint density at radius 2 is 2.00 bits per heavy atom. The summed E-state index contributed by atoms with van der Waals surface area (Å²) in [4.78, 5) is 24.3. The minimum absolute atomic E-state index is 0.0675. The Bertz CT molecular complexity index is 855. The van der Waals surface area contributed by atoms with Crippen LogP contribution in [0, 0.1) is 15.9 Å². The Labute approximate surface area is 155 Å². The Morgan fingerprint density at radius 3 is 2.63 bits per heavy atom. The van der Waals surface area contributed by atoms with Crippen molar-refractivity contribution in [2.75, 3.05) is 23.9 Å². The highest BCUT2D eigenvalue weighted by molar-refractivity contribution is 5.93. The third kappa shape index (κ3) is 4.16. The number of methoxy groups -OCH3 is 1. The number of nitrogens with zero attached hydrogens (tertiary/aromatic N) is 2. The van der Waals surface area contributed by atoms with E-state index < -0.39 is 10.7 Å². The molecule has 2 aromatic carbocycles. The molecule has 0 bridgehead atoms. The number of rotatable bonds is 6. The van der Waals surface area contributed by atoms with E-state index in [9.17, 15) is 19.3 Å². The molecule has 7 nitrogen and oxygen atoms in total. The minimum atomic E-state index is -0.787. The first-order chi connectivity index (χ1) is 13.0. The van der Waals surface area contributed by atoms with E-state index in [-0.39, 0.29) is 23.0 Å². The van der Waals surface area contributed by atoms with Gasteiger partial charge in [0.15, 0.2) is 11.6 Å². The molecule has 8 heteroatoms. The summed E-state index contributed by atoms with van der Waals surface area (Å²) < 4.78 is 18.6. The number of anilines is 2. The molecule has 1 saturated heterocycles. The van der Waals surface area contributed by atoms with E-state index in [0.717, 1.165) is 36.7 Å². The molecule has 1 N–H and O–H groups in total. The molecule has 1 amide bonds. The molecule has 0 aromatic heterocycles. The topological polar surface area (TPSA) is 84.7 Å². The quantitative estimate of drug-likeness (QED) is 0.614. The van der Waals surface area contributed by atoms with Gasteiger partial charge in [-0.1, -0.05) is 12.1 Å². The Morgan fingerprint density at radius 1 is 1.26 bits per heavy atom. The van der Waals surface area contributed by atoms with E-state index in [1.54, 1.807) is 4.90 Å². The highest BCUT2D eigenvalue weighted by Crippen LogP contribution is 2.32. The van der Waals surface area contributed by atoms with Crippen LogP contribution in [0.3, 0.4) is 0 Å². The number of nitrogens with one attached hydrogen (secondary N) is 1. The summed E-state index contributed by atoms with van der Waals surface area (Å²) >= 11 is 0. The summed E-state index contributed by atoms with van der Waals surface area (Å²) in [6, 6.07) is 9.55. The van der Waals surface area contributed by atoms with Gasteiger partial charge < -0.3 is 15.0 Å². The molecular formula is C19H20FN3O4. The van der Waals surface area contributed by atoms with Gasteiger partial charge in [0.1, 0.15) is 5.69 Å². The SMILES string of the molecule is COc1cc(NCc2ccc(N3CCCCC3=O)cc2)c([N+](=O)[O-])cc1F. The van der Waals surface area contributed by atoms with Gasteiger partial charge in [0.05, 0.1) is 18.1 Å². The van der Waals surface area contributed by atoms with Gasteiger partial charge in [0.25, 0.3) is 5.69 Å². The predicted molar refractivity (Wildman–Crippen MR) is 99.6 cm³/mol. The molecule has 1 aliphatic rings. The van der Waals surface area contributed by atoms with Gasteiger partial charge in [-0.25, -0.2) is 4.39 Å². The maximum absolute atomic E-state index is 13.7. The number of halogens is 1. The van der Waals surface area contributed by atoms with Crippen LogP contribution >= 0.6 is 0 Å². The maximum atomic E-state index is 13.7. The summed E-state index contributed by atoms with van der Waals surface area (Å²) in [6.45, 7) is 1.03. The van der Waals surface area contributed by atoms with Crippen molar-refractivity contribution >= 4 is 23.0 Å². The molecule has 2 aromatic rings. The van der Waals surface area contributed by atoms with Crippen LogP contribution in [0.1, 0.15) is 24.8 Å². The second-order valence-electron chi connectivity index (χ2n) is 6.28. The van der Waals surface area contributed by atoms with Crippen LogP contribution in [0.4, 0.5) is 21.5 Å². The monoisotopic (exact) mass is 373 g/mol. The molecular weight excluding hydrogens is 353 g/mol. The number of benzene rings is 2. The van der Waals surface area contributed by atoms with Gasteiger partial charge in [0.2, 0.25) is 5.91 Å². The second kappa shape index (κ2) is 8.03. The molecule has 27 heavy (non-hydrogen) atoms. The standard InChI is InChI=1S/C19H20FN3O4/c1-27-18-11-16(17(23(25)26)10-15(18)20)21-12-13-5-7-14(8-6-13)22-9-3-2-4-19(22)24/h5-8,10-11,21H,2-4,9,12H2,1H3. The third-order valence-electron chi connectivity index (χ3n) is 4.52. The zero-order valence-electron chi connectivity index (χ0n) is 14.9. The lowest BCUT2D eigenvalue weighted by Crippen LogP contribution is -2.35. The van der Waals surface area contributed by atoms with Gasteiger partial charge in [-0.2, -0.15) is 0 Å². The van der Waals surface area contributed by atoms with Crippen molar-refractivity contribution in [1.82, 2.24) is 0 Å². The summed E-state index contributed by atoms with van der Waals surface area (Å²) in [5.41, 5.74) is 1.54. The summed E-state index contributed by atoms with van der Waals surface area (Å²) in [5.74, 6) is -0.728. The first-order valence-electron chi connectivity index (χ1n) is 8.64. The molecule has 1 heterocycles. The second-order valence-corrected chi connectivity index (χ2v) is 6.28. The molecule has 3 rings (SSSR count). The number of hydrogen-bond acceptors (Lipinski definition) is 5. The highest BCUT2D eigenvalue weighted by atomic mass is 19.1. The van der Waals surface area contributed by atoms with Crippen molar-refractivity contribution < 1.29 is 18.8 Å². The highest BCUT2D eigenvalue weighted by Gasteiger charge is 2.20. The van der Waals surface area contributed by atoms with Gasteiger partial charge in [0, 0.05) is 31.3 Å². The fourth-order valence-electron chi connectivity index (χ4n) is 3.06. The maximum Gasteiger partial charge on any atom is 0.295 e. The Balaban J connectivity index is 1.73. The summed E-state index contributed by atoms with van der Waals surface area (Å²) in [5, 5.41) is 14.1. The summed E-state index contributed by atoms with van der Waals surface area (Å²) in [7, 11) is 1.30. The first kappa shape index (κ1) is 18.6. The molecule has 0 saturated carbocycles. The van der Waals surface area contributed by atoms with Gasteiger partial charge >= 0.3 is 0 Å². The number of carbonyl (C=O) groups excluding carboxylic acids is 1. The molecule has 0 spiro atoms. The lowest BCUT2D eigenvalue weighted by molar-refractivity contribution is -0.384. The van der Waals surface area contributed by atoms with E-state index in [2.05, 4.69) is 5.32 Å². The number of piperidine rings is 1. The molecule has 0 aliphatic carbocycles. The van der Waals surface area contributed by atoms with Crippen LogP contribution in [-0.4, -0.2) is 24.5 Å². The van der Waals surface area contributed by atoms with Crippen molar-refractivity contribution in [2.24, 2.45) is 0 Å². The molecule has 1 aliphatic heterocycles. The molecule has 142 valence electrons. The van der Waals surface area contributed by atoms with Crippen molar-refractivity contribution in [2.45, 2.75) is 25.8 Å². The Kier molecular flexibility index (Phi) is 5.54. The van der Waals surface area contributed by atoms with Crippen molar-refractivity contribution in [1.29, 1.82) is 0 Å². The van der Waals surface area contributed by atoms with Gasteiger partial charge in [-0.15, -0.1) is 0 Å². The number of hydrogen-bond donors (Lipinski definition) is 1. The molecule has 1 fully saturated rings. The van der Waals surface area contributed by atoms with Crippen LogP contribution in [0.25, 0.3) is 0 Å². The van der Waals surface area contributed by atoms with Crippen LogP contribution in [0.15, 0.2) is 36.4 Å². The minimum Gasteiger partial charge on any atom is -0.494 e. The third-order valence-corrected chi connectivity index (χ3v) is 4.52. The number of nitro groups is 1. The number of ether oxygens (including phenoxy) is 1. The molecule has 0 unspecified atom stereocenters. The van der Waals surface area contributed by atoms with E-state index >= 15 is 0 Å². The zero-order valence-corrected chi connectivity index (χ0v) is 14.9. The van der Waals surface area contributed by atoms with Crippen molar-refractivity contribution in [3.05, 3.63) is 57.9 Å². The lowest BCUT2D eigenvalue weighted by Gasteiger charge is -2.26. The number of nitro benzene ring substituents is 1. The first-order valence-corrected chi connectivity index (χ1v) is 8.64. The van der Waals surface area contributed by atoms with Gasteiger partial charge in [-0.3, -0.25) is 14.9 Å². The lowest BCUT2D eigenvalue weighted by atomic mass is 10.1. The number of amides is 1. The average Bonchev–Trinajstić information content (AvgIpc) is 2.67. The molecule has 0 atom stereocenters. The van der Waals surface area contributed by atoms with E-state index in [0.29, 0.717) is 13.0 Å². The van der Waals surface area contributed by atoms with E-state index in [1.807, 2.05) is 24.3 Å². The number of carbonyl (C=O) groups is 1. The summed E-state index contributed by atoms with van der Waals surface area (Å²) in [6.07, 6.45) is 2.49. The normalized spacial score (nSPS) is 14.1. The van der Waals surface area contributed by atoms with Crippen molar-refractivity contribution in [3.8, 4) is 5.75 Å².